The van der Waals surface area contributed by atoms with Crippen molar-refractivity contribution in [3.63, 3.8) is 0 Å². The van der Waals surface area contributed by atoms with Crippen molar-refractivity contribution in [2.24, 2.45) is 11.7 Å². The lowest BCUT2D eigenvalue weighted by Crippen LogP contribution is -2.59. The molecule has 0 bridgehead atoms. The zero-order valence-electron chi connectivity index (χ0n) is 17.3. The van der Waals surface area contributed by atoms with Crippen LogP contribution in [0, 0.1) is 5.92 Å². The van der Waals surface area contributed by atoms with E-state index in [0.717, 1.165) is 6.42 Å². The first kappa shape index (κ1) is 25.8. The number of carbonyl (C=O) groups excluding carboxylic acids is 4. The van der Waals surface area contributed by atoms with Gasteiger partial charge in [-0.25, -0.2) is 4.79 Å². The van der Waals surface area contributed by atoms with E-state index >= 15 is 0 Å². The van der Waals surface area contributed by atoms with Gasteiger partial charge in [-0.15, -0.1) is 0 Å². The van der Waals surface area contributed by atoms with Crippen molar-refractivity contribution in [3.05, 3.63) is 0 Å². The Morgan fingerprint density at radius 3 is 2.06 bits per heavy atom. The molecule has 13 nitrogen and oxygen atoms in total. The van der Waals surface area contributed by atoms with E-state index in [4.69, 9.17) is 15.9 Å². The molecule has 0 aromatic rings. The summed E-state index contributed by atoms with van der Waals surface area (Å²) in [5, 5.41) is 27.7. The summed E-state index contributed by atoms with van der Waals surface area (Å²) in [5.41, 5.74) is 5.17. The van der Waals surface area contributed by atoms with Crippen LogP contribution >= 0.6 is 0 Å². The van der Waals surface area contributed by atoms with Gasteiger partial charge in [-0.05, 0) is 25.3 Å². The van der Waals surface area contributed by atoms with Gasteiger partial charge in [-0.1, -0.05) is 13.8 Å². The van der Waals surface area contributed by atoms with Crippen LogP contribution in [0.3, 0.4) is 0 Å². The van der Waals surface area contributed by atoms with E-state index in [2.05, 4.69) is 21.3 Å². The fourth-order valence-electron chi connectivity index (χ4n) is 3.02. The molecule has 8 N–H and O–H groups in total. The Kier molecular flexibility index (Phi) is 9.86. The van der Waals surface area contributed by atoms with Crippen LogP contribution in [-0.2, 0) is 28.8 Å². The van der Waals surface area contributed by atoms with Crippen molar-refractivity contribution < 1.29 is 39.0 Å². The molecule has 0 aliphatic carbocycles. The maximum Gasteiger partial charge on any atom is 0.326 e. The molecule has 0 aromatic carbocycles. The zero-order valence-corrected chi connectivity index (χ0v) is 17.3. The van der Waals surface area contributed by atoms with Gasteiger partial charge < -0.3 is 37.2 Å². The lowest BCUT2D eigenvalue weighted by atomic mass is 10.0. The van der Waals surface area contributed by atoms with Crippen LogP contribution in [0.15, 0.2) is 0 Å². The summed E-state index contributed by atoms with van der Waals surface area (Å²) in [5.74, 6) is -6.61. The minimum Gasteiger partial charge on any atom is -0.481 e. The summed E-state index contributed by atoms with van der Waals surface area (Å²) >= 11 is 0. The van der Waals surface area contributed by atoms with Gasteiger partial charge in [0.2, 0.25) is 23.6 Å². The molecule has 13 heteroatoms. The molecule has 1 aliphatic rings. The number of amides is 4. The fraction of sp³-hybridized carbons (Fsp3) is 0.667. The second-order valence-corrected chi connectivity index (χ2v) is 7.61. The molecular formula is C18H29N5O8. The van der Waals surface area contributed by atoms with Crippen LogP contribution in [0.4, 0.5) is 0 Å². The van der Waals surface area contributed by atoms with Gasteiger partial charge >= 0.3 is 11.9 Å². The summed E-state index contributed by atoms with van der Waals surface area (Å²) in [6.45, 7) is 3.78. The first-order chi connectivity index (χ1) is 14.4. The maximum absolute atomic E-state index is 12.7. The van der Waals surface area contributed by atoms with Crippen LogP contribution in [0.25, 0.3) is 0 Å². The third-order valence-electron chi connectivity index (χ3n) is 4.66. The topological polar surface area (TPSA) is 217 Å². The van der Waals surface area contributed by atoms with Gasteiger partial charge in [0.25, 0.3) is 0 Å². The molecule has 4 unspecified atom stereocenters. The number of rotatable bonds is 12. The molecule has 0 radical (unpaired) electrons. The van der Waals surface area contributed by atoms with E-state index in [9.17, 15) is 28.8 Å². The number of carbonyl (C=O) groups is 6. The number of primary amides is 1. The molecule has 1 heterocycles. The van der Waals surface area contributed by atoms with Crippen LogP contribution in [0.5, 0.6) is 0 Å². The molecule has 31 heavy (non-hydrogen) atoms. The van der Waals surface area contributed by atoms with Crippen LogP contribution < -0.4 is 27.0 Å². The predicted octanol–water partition coefficient (Wildman–Crippen LogP) is -2.72. The Labute approximate surface area is 178 Å². The summed E-state index contributed by atoms with van der Waals surface area (Å²) in [6.07, 6.45) is -0.0164. The van der Waals surface area contributed by atoms with Gasteiger partial charge in [-0.3, -0.25) is 24.0 Å². The Balaban J connectivity index is 2.90. The van der Waals surface area contributed by atoms with Gasteiger partial charge in [0.1, 0.15) is 18.1 Å². The Bertz CT molecular complexity index is 720. The monoisotopic (exact) mass is 443 g/mol. The summed E-state index contributed by atoms with van der Waals surface area (Å²) in [4.78, 5) is 70.9. The minimum atomic E-state index is -1.70. The van der Waals surface area contributed by atoms with Crippen molar-refractivity contribution in [2.45, 2.75) is 63.7 Å². The number of carboxylic acid groups (broad SMARTS) is 2. The SMILES string of the molecule is CC(C)C(NC(=O)C(CC(N)=O)NC(=O)C1CCCN1)C(=O)NC(CC(=O)O)C(=O)O. The molecule has 1 saturated heterocycles. The molecule has 4 atom stereocenters. The number of hydrogen-bond donors (Lipinski definition) is 7. The summed E-state index contributed by atoms with van der Waals surface area (Å²) in [6, 6.07) is -4.80. The first-order valence-corrected chi connectivity index (χ1v) is 9.79. The van der Waals surface area contributed by atoms with Crippen molar-refractivity contribution >= 4 is 35.6 Å². The third-order valence-corrected chi connectivity index (χ3v) is 4.66. The normalized spacial score (nSPS) is 18.5. The molecule has 0 aromatic heterocycles. The largest absolute Gasteiger partial charge is 0.481 e. The van der Waals surface area contributed by atoms with E-state index in [-0.39, 0.29) is 0 Å². The Morgan fingerprint density at radius 2 is 1.61 bits per heavy atom. The smallest absolute Gasteiger partial charge is 0.326 e. The average Bonchev–Trinajstić information content (AvgIpc) is 3.18. The van der Waals surface area contributed by atoms with Crippen LogP contribution in [-0.4, -0.2) is 76.5 Å². The third kappa shape index (κ3) is 8.58. The van der Waals surface area contributed by atoms with E-state index < -0.39 is 78.5 Å². The summed E-state index contributed by atoms with van der Waals surface area (Å²) in [7, 11) is 0. The highest BCUT2D eigenvalue weighted by atomic mass is 16.4. The standard InChI is InChI=1S/C18H29N5O8/c1-8(2)14(17(29)22-11(18(30)31)7-13(25)26)23-16(28)10(6-12(19)24)21-15(27)9-4-3-5-20-9/h8-11,14,20H,3-7H2,1-2H3,(H2,19,24)(H,21,27)(H,22,29)(H,23,28)(H,25,26)(H,30,31). The van der Waals surface area contributed by atoms with Crippen LogP contribution in [0.2, 0.25) is 0 Å². The van der Waals surface area contributed by atoms with Crippen LogP contribution in [0.1, 0.15) is 39.5 Å². The predicted molar refractivity (Wildman–Crippen MR) is 105 cm³/mol. The van der Waals surface area contributed by atoms with E-state index in [1.54, 1.807) is 13.8 Å². The quantitative estimate of drug-likeness (QED) is 0.166. The highest BCUT2D eigenvalue weighted by Crippen LogP contribution is 2.08. The van der Waals surface area contributed by atoms with E-state index in [1.165, 1.54) is 0 Å². The highest BCUT2D eigenvalue weighted by molar-refractivity contribution is 5.96. The lowest BCUT2D eigenvalue weighted by Gasteiger charge is -2.26. The first-order valence-electron chi connectivity index (χ1n) is 9.79. The molecule has 1 fully saturated rings. The molecule has 4 amide bonds. The molecule has 174 valence electrons. The van der Waals surface area contributed by atoms with Crippen molar-refractivity contribution in [1.82, 2.24) is 21.3 Å². The van der Waals surface area contributed by atoms with Gasteiger partial charge in [-0.2, -0.15) is 0 Å². The van der Waals surface area contributed by atoms with Crippen molar-refractivity contribution in [3.8, 4) is 0 Å². The average molecular weight is 443 g/mol. The second kappa shape index (κ2) is 11.8. The summed E-state index contributed by atoms with van der Waals surface area (Å²) < 4.78 is 0. The zero-order chi connectivity index (χ0) is 23.7. The van der Waals surface area contributed by atoms with Gasteiger partial charge in [0.15, 0.2) is 0 Å². The van der Waals surface area contributed by atoms with Gasteiger partial charge in [0.05, 0.1) is 18.9 Å². The fourth-order valence-corrected chi connectivity index (χ4v) is 3.02. The number of nitrogens with two attached hydrogens (primary N) is 1. The van der Waals surface area contributed by atoms with Crippen molar-refractivity contribution in [2.75, 3.05) is 6.54 Å². The van der Waals surface area contributed by atoms with E-state index in [0.29, 0.717) is 13.0 Å². The number of nitrogens with one attached hydrogen (secondary N) is 4. The highest BCUT2D eigenvalue weighted by Gasteiger charge is 2.33. The Morgan fingerprint density at radius 1 is 0.968 bits per heavy atom. The Hall–Kier alpha value is -3.22. The maximum atomic E-state index is 12.7. The lowest BCUT2D eigenvalue weighted by molar-refractivity contribution is -0.147. The molecule has 0 spiro atoms. The van der Waals surface area contributed by atoms with Crippen molar-refractivity contribution in [1.29, 1.82) is 0 Å². The minimum absolute atomic E-state index is 0.489. The molecular weight excluding hydrogens is 414 g/mol. The van der Waals surface area contributed by atoms with Gasteiger partial charge in [0, 0.05) is 0 Å². The number of aliphatic carboxylic acids is 2. The second-order valence-electron chi connectivity index (χ2n) is 7.61. The molecule has 0 saturated carbocycles. The molecule has 1 aliphatic heterocycles. The number of hydrogen-bond acceptors (Lipinski definition) is 7. The van der Waals surface area contributed by atoms with E-state index in [1.807, 2.05) is 0 Å². The number of carboxylic acids is 2. The molecule has 1 rings (SSSR count).